The van der Waals surface area contributed by atoms with Gasteiger partial charge in [0.05, 0.1) is 12.9 Å². The van der Waals surface area contributed by atoms with Gasteiger partial charge in [-0.1, -0.05) is 43.0 Å². The van der Waals surface area contributed by atoms with Crippen molar-refractivity contribution < 1.29 is 24.2 Å². The van der Waals surface area contributed by atoms with Crippen LogP contribution < -0.4 is 4.74 Å². The molecule has 0 heterocycles. The Hall–Kier alpha value is -3.60. The number of ether oxygens (including phenoxy) is 2. The van der Waals surface area contributed by atoms with Gasteiger partial charge in [0.1, 0.15) is 5.75 Å². The second kappa shape index (κ2) is 12.2. The van der Waals surface area contributed by atoms with Crippen molar-refractivity contribution in [2.45, 2.75) is 32.3 Å². The van der Waals surface area contributed by atoms with Crippen LogP contribution in [-0.2, 0) is 9.53 Å². The highest BCUT2D eigenvalue weighted by Crippen LogP contribution is 2.21. The Morgan fingerprint density at radius 1 is 1.23 bits per heavy atom. The van der Waals surface area contributed by atoms with E-state index in [1.165, 1.54) is 0 Å². The summed E-state index contributed by atoms with van der Waals surface area (Å²) >= 11 is 0. The maximum Gasteiger partial charge on any atom is 0.344 e. The molecule has 1 N–H and O–H groups in total. The van der Waals surface area contributed by atoms with Gasteiger partial charge in [0.2, 0.25) is 0 Å². The minimum Gasteiger partial charge on any atom is -0.501 e. The second-order valence-corrected chi connectivity index (χ2v) is 6.88. The predicted molar refractivity (Wildman–Crippen MR) is 122 cm³/mol. The summed E-state index contributed by atoms with van der Waals surface area (Å²) in [6.07, 6.45) is 15.0. The Morgan fingerprint density at radius 2 is 1.97 bits per heavy atom. The largest absolute Gasteiger partial charge is 0.501 e. The van der Waals surface area contributed by atoms with E-state index in [-0.39, 0.29) is 5.78 Å². The fraction of sp³-hybridized carbons (Fsp3) is 0.231. The fourth-order valence-electron chi connectivity index (χ4n) is 3.05. The van der Waals surface area contributed by atoms with Crippen molar-refractivity contribution in [3.63, 3.8) is 0 Å². The quantitative estimate of drug-likeness (QED) is 0.373. The van der Waals surface area contributed by atoms with E-state index >= 15 is 0 Å². The van der Waals surface area contributed by atoms with Crippen molar-refractivity contribution in [1.82, 2.24) is 0 Å². The minimum absolute atomic E-state index is 0.128. The third kappa shape index (κ3) is 7.30. The van der Waals surface area contributed by atoms with Crippen molar-refractivity contribution in [1.29, 1.82) is 0 Å². The summed E-state index contributed by atoms with van der Waals surface area (Å²) in [5.74, 6) is 0.0176. The molecule has 1 aliphatic rings. The highest BCUT2D eigenvalue weighted by Gasteiger charge is 2.20. The average molecular weight is 421 g/mol. The molecule has 2 rings (SSSR count). The molecule has 0 bridgehead atoms. The molecule has 0 spiro atoms. The smallest absolute Gasteiger partial charge is 0.344 e. The number of ketones is 1. The van der Waals surface area contributed by atoms with Gasteiger partial charge in [0.25, 0.3) is 0 Å². The van der Waals surface area contributed by atoms with Crippen LogP contribution in [0.3, 0.4) is 0 Å². The summed E-state index contributed by atoms with van der Waals surface area (Å²) in [5.41, 5.74) is 2.02. The lowest BCUT2D eigenvalue weighted by molar-refractivity contribution is -0.145. The summed E-state index contributed by atoms with van der Waals surface area (Å²) in [7, 11) is 1.60. The lowest BCUT2D eigenvalue weighted by Gasteiger charge is -2.15. The van der Waals surface area contributed by atoms with Crippen LogP contribution in [0, 0.1) is 0 Å². The van der Waals surface area contributed by atoms with Gasteiger partial charge in [-0.25, -0.2) is 4.79 Å². The van der Waals surface area contributed by atoms with Crippen molar-refractivity contribution in [2.24, 2.45) is 0 Å². The summed E-state index contributed by atoms with van der Waals surface area (Å²) < 4.78 is 10.9. The van der Waals surface area contributed by atoms with Crippen molar-refractivity contribution in [3.8, 4) is 5.75 Å². The molecule has 162 valence electrons. The fourth-order valence-corrected chi connectivity index (χ4v) is 3.05. The normalized spacial score (nSPS) is 15.0. The van der Waals surface area contributed by atoms with Crippen LogP contribution in [0.4, 0.5) is 0 Å². The molecule has 1 aromatic carbocycles. The van der Waals surface area contributed by atoms with Crippen molar-refractivity contribution >= 4 is 11.8 Å². The first-order chi connectivity index (χ1) is 15.0. The predicted octanol–water partition coefficient (Wildman–Crippen LogP) is 5.59. The lowest BCUT2D eigenvalue weighted by atomic mass is 10.0. The Balaban J connectivity index is 2.07. The number of carbonyl (C=O) groups is 2. The van der Waals surface area contributed by atoms with Gasteiger partial charge in [0.15, 0.2) is 11.9 Å². The van der Waals surface area contributed by atoms with Crippen LogP contribution in [-0.4, -0.2) is 30.1 Å². The Labute approximate surface area is 183 Å². The summed E-state index contributed by atoms with van der Waals surface area (Å²) in [4.78, 5) is 24.4. The second-order valence-electron chi connectivity index (χ2n) is 6.88. The van der Waals surface area contributed by atoms with Crippen LogP contribution >= 0.6 is 0 Å². The minimum atomic E-state index is -1.03. The molecule has 5 nitrogen and oxygen atoms in total. The molecule has 0 aliphatic heterocycles. The molecule has 0 saturated heterocycles. The van der Waals surface area contributed by atoms with Gasteiger partial charge in [-0.05, 0) is 61.8 Å². The highest BCUT2D eigenvalue weighted by molar-refractivity contribution is 6.10. The number of carboxylic acid groups (broad SMARTS) is 1. The summed E-state index contributed by atoms with van der Waals surface area (Å²) in [6, 6.07) is 6.51. The number of hydrogen-bond acceptors (Lipinski definition) is 4. The number of carbonyl (C=O) groups excluding carboxylic acids is 1. The average Bonchev–Trinajstić information content (AvgIpc) is 3.02. The summed E-state index contributed by atoms with van der Waals surface area (Å²) in [6.45, 7) is 5.58. The van der Waals surface area contributed by atoms with Crippen molar-refractivity contribution in [3.05, 3.63) is 102 Å². The number of methoxy groups -OCH3 is 1. The lowest BCUT2D eigenvalue weighted by Crippen LogP contribution is -2.27. The molecule has 0 saturated carbocycles. The molecule has 1 aromatic rings. The monoisotopic (exact) mass is 420 g/mol. The number of aliphatic carboxylic acids is 1. The van der Waals surface area contributed by atoms with E-state index < -0.39 is 12.1 Å². The van der Waals surface area contributed by atoms with Crippen LogP contribution in [0.25, 0.3) is 0 Å². The number of hydrogen-bond donors (Lipinski definition) is 1. The zero-order chi connectivity index (χ0) is 22.6. The molecule has 0 aromatic heterocycles. The standard InChI is InChI=1S/C26H28O5/c1-4-7-19(8-5-2)11-18-24(26(28)29)31-23-16-13-21(14-17-23)25(27)20-9-6-10-22(30-3)15-12-20/h4-9,12-17,24H,1,10-11,18H2,2-3H3,(H,28,29)/b8-5-,19-7+. The zero-order valence-electron chi connectivity index (χ0n) is 17.9. The van der Waals surface area contributed by atoms with Gasteiger partial charge < -0.3 is 14.6 Å². The molecular weight excluding hydrogens is 392 g/mol. The number of Topliss-reactive ketones (excluding diaryl/α,β-unsaturated/α-hetero) is 1. The number of allylic oxidation sites excluding steroid dienone is 10. The topological polar surface area (TPSA) is 72.8 Å². The summed E-state index contributed by atoms with van der Waals surface area (Å²) in [5, 5.41) is 9.52. The highest BCUT2D eigenvalue weighted by atomic mass is 16.5. The number of rotatable bonds is 11. The molecule has 5 heteroatoms. The van der Waals surface area contributed by atoms with E-state index in [9.17, 15) is 14.7 Å². The molecule has 0 radical (unpaired) electrons. The third-order valence-corrected chi connectivity index (χ3v) is 4.67. The molecular formula is C26H28O5. The zero-order valence-corrected chi connectivity index (χ0v) is 17.9. The van der Waals surface area contributed by atoms with E-state index in [0.29, 0.717) is 36.1 Å². The SMILES string of the molecule is C=C/C=C(\C=C/C)CCC(Oc1ccc(C(=O)C2=CC=C(OC)CC=C2)cc1)C(=O)O. The number of carboxylic acids is 1. The molecule has 0 fully saturated rings. The van der Waals surface area contributed by atoms with E-state index in [4.69, 9.17) is 9.47 Å². The first-order valence-electron chi connectivity index (χ1n) is 10.1. The van der Waals surface area contributed by atoms with E-state index in [2.05, 4.69) is 6.58 Å². The maximum absolute atomic E-state index is 12.7. The van der Waals surface area contributed by atoms with Gasteiger partial charge in [-0.15, -0.1) is 0 Å². The first-order valence-corrected chi connectivity index (χ1v) is 10.1. The van der Waals surface area contributed by atoms with Crippen molar-refractivity contribution in [2.75, 3.05) is 7.11 Å². The van der Waals surface area contributed by atoms with Gasteiger partial charge in [-0.2, -0.15) is 0 Å². The molecule has 31 heavy (non-hydrogen) atoms. The Bertz CT molecular complexity index is 943. The van der Waals surface area contributed by atoms with E-state index in [1.807, 2.05) is 31.2 Å². The third-order valence-electron chi connectivity index (χ3n) is 4.67. The number of benzene rings is 1. The van der Waals surface area contributed by atoms with E-state index in [1.54, 1.807) is 55.7 Å². The van der Waals surface area contributed by atoms with Gasteiger partial charge in [0, 0.05) is 17.6 Å². The Morgan fingerprint density at radius 3 is 2.58 bits per heavy atom. The molecule has 1 unspecified atom stereocenters. The van der Waals surface area contributed by atoms with Gasteiger partial charge >= 0.3 is 5.97 Å². The Kier molecular flexibility index (Phi) is 9.30. The molecule has 0 amide bonds. The van der Waals surface area contributed by atoms with Gasteiger partial charge in [-0.3, -0.25) is 4.79 Å². The molecule has 1 atom stereocenters. The van der Waals surface area contributed by atoms with Crippen LogP contribution in [0.15, 0.2) is 96.4 Å². The van der Waals surface area contributed by atoms with Crippen LogP contribution in [0.5, 0.6) is 5.75 Å². The first kappa shape index (κ1) is 23.7. The van der Waals surface area contributed by atoms with E-state index in [0.717, 1.165) is 11.3 Å². The van der Waals surface area contributed by atoms with Crippen LogP contribution in [0.2, 0.25) is 0 Å². The van der Waals surface area contributed by atoms with Crippen LogP contribution in [0.1, 0.15) is 36.5 Å². The maximum atomic E-state index is 12.7. The molecule has 1 aliphatic carbocycles.